The molecule has 0 spiro atoms. The van der Waals surface area contributed by atoms with Gasteiger partial charge in [0.1, 0.15) is 0 Å². The van der Waals surface area contributed by atoms with E-state index in [-0.39, 0.29) is 5.92 Å². The number of aryl methyl sites for hydroxylation is 2. The summed E-state index contributed by atoms with van der Waals surface area (Å²) < 4.78 is 0. The van der Waals surface area contributed by atoms with Crippen molar-refractivity contribution >= 4 is 17.5 Å². The smallest absolute Gasteiger partial charge is 0.404 e. The summed E-state index contributed by atoms with van der Waals surface area (Å²) in [6.45, 7) is 2.59. The Morgan fingerprint density at radius 3 is 2.62 bits per heavy atom. The van der Waals surface area contributed by atoms with E-state index in [0.717, 1.165) is 19.3 Å². The van der Waals surface area contributed by atoms with E-state index in [1.54, 1.807) is 0 Å². The van der Waals surface area contributed by atoms with E-state index in [4.69, 9.17) is 5.11 Å². The highest BCUT2D eigenvalue weighted by molar-refractivity contribution is 5.65. The molecule has 0 bridgehead atoms. The van der Waals surface area contributed by atoms with Gasteiger partial charge in [-0.2, -0.15) is 0 Å². The fourth-order valence-corrected chi connectivity index (χ4v) is 3.45. The van der Waals surface area contributed by atoms with Crippen molar-refractivity contribution in [2.45, 2.75) is 32.1 Å². The van der Waals surface area contributed by atoms with Crippen molar-refractivity contribution in [3.63, 3.8) is 0 Å². The summed E-state index contributed by atoms with van der Waals surface area (Å²) in [7, 11) is 2.08. The number of carboxylic acid groups (broad SMARTS) is 1. The molecule has 0 fully saturated rings. The molecule has 4 heteroatoms. The Balaban J connectivity index is 1.82. The number of fused-ring (bicyclic) bond motifs is 1. The molecule has 0 heterocycles. The Morgan fingerprint density at radius 1 is 1.21 bits per heavy atom. The van der Waals surface area contributed by atoms with E-state index in [1.165, 1.54) is 28.1 Å². The van der Waals surface area contributed by atoms with Gasteiger partial charge in [0.05, 0.1) is 0 Å². The average Bonchev–Trinajstić information content (AvgIpc) is 2.59. The van der Waals surface area contributed by atoms with Crippen LogP contribution < -0.4 is 10.2 Å². The second-order valence-corrected chi connectivity index (χ2v) is 6.55. The third kappa shape index (κ3) is 3.53. The van der Waals surface area contributed by atoms with Gasteiger partial charge in [0.2, 0.25) is 0 Å². The molecule has 1 amide bonds. The molecule has 0 saturated heterocycles. The highest BCUT2D eigenvalue weighted by Gasteiger charge is 2.21. The lowest BCUT2D eigenvalue weighted by Gasteiger charge is -2.28. The Kier molecular flexibility index (Phi) is 4.74. The number of rotatable bonds is 4. The summed E-state index contributed by atoms with van der Waals surface area (Å²) in [6.07, 6.45) is 2.27. The molecular weight excluding hydrogens is 300 g/mol. The SMILES string of the molecule is Cc1ccc(N(C)c2ccc3c(c2)CCC[C@H]3CNC(=O)O)cc1. The summed E-state index contributed by atoms with van der Waals surface area (Å²) >= 11 is 0. The van der Waals surface area contributed by atoms with Gasteiger partial charge in [0.25, 0.3) is 0 Å². The minimum atomic E-state index is -0.946. The molecule has 0 saturated carbocycles. The molecule has 24 heavy (non-hydrogen) atoms. The predicted octanol–water partition coefficient (Wildman–Crippen LogP) is 4.45. The number of anilines is 2. The normalized spacial score (nSPS) is 16.3. The fourth-order valence-electron chi connectivity index (χ4n) is 3.45. The van der Waals surface area contributed by atoms with Crippen molar-refractivity contribution in [1.29, 1.82) is 0 Å². The van der Waals surface area contributed by atoms with E-state index < -0.39 is 6.09 Å². The van der Waals surface area contributed by atoms with E-state index in [9.17, 15) is 4.79 Å². The third-order valence-electron chi connectivity index (χ3n) is 4.87. The molecular formula is C20H24N2O2. The van der Waals surface area contributed by atoms with Gasteiger partial charge in [0.15, 0.2) is 0 Å². The standard InChI is InChI=1S/C20H24N2O2/c1-14-6-8-17(9-7-14)22(2)18-10-11-19-15(12-18)4-3-5-16(19)13-21-20(23)24/h6-12,16,21H,3-5,13H2,1-2H3,(H,23,24)/t16-/m0/s1. The molecule has 4 nitrogen and oxygen atoms in total. The molecule has 1 atom stereocenters. The first-order chi connectivity index (χ1) is 11.5. The van der Waals surface area contributed by atoms with Crippen LogP contribution in [0.4, 0.5) is 16.2 Å². The first-order valence-electron chi connectivity index (χ1n) is 8.44. The molecule has 2 N–H and O–H groups in total. The quantitative estimate of drug-likeness (QED) is 0.873. The van der Waals surface area contributed by atoms with Crippen molar-refractivity contribution in [2.75, 3.05) is 18.5 Å². The van der Waals surface area contributed by atoms with Gasteiger partial charge < -0.3 is 15.3 Å². The van der Waals surface area contributed by atoms with E-state index in [1.807, 2.05) is 0 Å². The summed E-state index contributed by atoms with van der Waals surface area (Å²) in [5, 5.41) is 11.4. The number of benzene rings is 2. The van der Waals surface area contributed by atoms with Crippen molar-refractivity contribution in [3.8, 4) is 0 Å². The molecule has 1 aliphatic carbocycles. The molecule has 0 unspecified atom stereocenters. The Bertz CT molecular complexity index is 725. The molecule has 3 rings (SSSR count). The van der Waals surface area contributed by atoms with Crippen molar-refractivity contribution in [2.24, 2.45) is 0 Å². The Hall–Kier alpha value is -2.49. The van der Waals surface area contributed by atoms with Crippen LogP contribution in [-0.2, 0) is 6.42 Å². The van der Waals surface area contributed by atoms with Crippen LogP contribution in [-0.4, -0.2) is 24.8 Å². The first kappa shape index (κ1) is 16.4. The molecule has 2 aromatic rings. The maximum atomic E-state index is 10.8. The number of nitrogens with one attached hydrogen (secondary N) is 1. The number of nitrogens with zero attached hydrogens (tertiary/aromatic N) is 1. The second kappa shape index (κ2) is 6.95. The molecule has 0 radical (unpaired) electrons. The minimum absolute atomic E-state index is 0.281. The van der Waals surface area contributed by atoms with Gasteiger partial charge in [-0.05, 0) is 61.6 Å². The summed E-state index contributed by atoms with van der Waals surface area (Å²) in [5.74, 6) is 0.281. The van der Waals surface area contributed by atoms with Gasteiger partial charge in [-0.1, -0.05) is 23.8 Å². The first-order valence-corrected chi connectivity index (χ1v) is 8.44. The summed E-state index contributed by atoms with van der Waals surface area (Å²) in [5.41, 5.74) is 6.22. The zero-order valence-electron chi connectivity index (χ0n) is 14.2. The molecule has 1 aliphatic rings. The number of amides is 1. The van der Waals surface area contributed by atoms with Crippen LogP contribution in [0.25, 0.3) is 0 Å². The van der Waals surface area contributed by atoms with Crippen LogP contribution in [0.3, 0.4) is 0 Å². The van der Waals surface area contributed by atoms with Gasteiger partial charge in [-0.15, -0.1) is 0 Å². The van der Waals surface area contributed by atoms with Crippen LogP contribution >= 0.6 is 0 Å². The molecule has 126 valence electrons. The van der Waals surface area contributed by atoms with E-state index >= 15 is 0 Å². The maximum Gasteiger partial charge on any atom is 0.404 e. The largest absolute Gasteiger partial charge is 0.465 e. The third-order valence-corrected chi connectivity index (χ3v) is 4.87. The number of hydrogen-bond donors (Lipinski definition) is 2. The fraction of sp³-hybridized carbons (Fsp3) is 0.350. The minimum Gasteiger partial charge on any atom is -0.465 e. The van der Waals surface area contributed by atoms with Gasteiger partial charge in [-0.3, -0.25) is 0 Å². The van der Waals surface area contributed by atoms with Gasteiger partial charge in [0, 0.05) is 30.9 Å². The lowest BCUT2D eigenvalue weighted by molar-refractivity contribution is 0.193. The van der Waals surface area contributed by atoms with Crippen LogP contribution in [0.5, 0.6) is 0 Å². The van der Waals surface area contributed by atoms with Crippen LogP contribution in [0.15, 0.2) is 42.5 Å². The van der Waals surface area contributed by atoms with E-state index in [0.29, 0.717) is 6.54 Å². The van der Waals surface area contributed by atoms with Gasteiger partial charge in [-0.25, -0.2) is 4.79 Å². The van der Waals surface area contributed by atoms with E-state index in [2.05, 4.69) is 66.7 Å². The average molecular weight is 324 g/mol. The molecule has 0 aliphatic heterocycles. The van der Waals surface area contributed by atoms with Crippen molar-refractivity contribution < 1.29 is 9.90 Å². The van der Waals surface area contributed by atoms with Crippen LogP contribution in [0.1, 0.15) is 35.4 Å². The Morgan fingerprint density at radius 2 is 1.92 bits per heavy atom. The maximum absolute atomic E-state index is 10.8. The predicted molar refractivity (Wildman–Crippen MR) is 97.4 cm³/mol. The topological polar surface area (TPSA) is 52.6 Å². The van der Waals surface area contributed by atoms with Crippen molar-refractivity contribution in [1.82, 2.24) is 5.32 Å². The van der Waals surface area contributed by atoms with Crippen molar-refractivity contribution in [3.05, 3.63) is 59.2 Å². The number of carbonyl (C=O) groups is 1. The van der Waals surface area contributed by atoms with Gasteiger partial charge >= 0.3 is 6.09 Å². The highest BCUT2D eigenvalue weighted by atomic mass is 16.4. The zero-order valence-corrected chi connectivity index (χ0v) is 14.2. The lowest BCUT2D eigenvalue weighted by atomic mass is 9.82. The monoisotopic (exact) mass is 324 g/mol. The summed E-state index contributed by atoms with van der Waals surface area (Å²) in [4.78, 5) is 13.0. The number of hydrogen-bond acceptors (Lipinski definition) is 2. The van der Waals surface area contributed by atoms with Crippen LogP contribution in [0, 0.1) is 6.92 Å². The zero-order chi connectivity index (χ0) is 17.1. The Labute approximate surface area is 143 Å². The lowest BCUT2D eigenvalue weighted by Crippen LogP contribution is -2.28. The molecule has 0 aromatic heterocycles. The summed E-state index contributed by atoms with van der Waals surface area (Å²) in [6, 6.07) is 15.1. The van der Waals surface area contributed by atoms with Crippen LogP contribution in [0.2, 0.25) is 0 Å². The second-order valence-electron chi connectivity index (χ2n) is 6.55. The highest BCUT2D eigenvalue weighted by Crippen LogP contribution is 2.35. The molecule has 2 aromatic carbocycles.